The highest BCUT2D eigenvalue weighted by Crippen LogP contribution is 2.25. The summed E-state index contributed by atoms with van der Waals surface area (Å²) in [5.41, 5.74) is 0.314. The molecule has 0 aromatic heterocycles. The van der Waals surface area contributed by atoms with Crippen LogP contribution < -0.4 is 4.72 Å². The van der Waals surface area contributed by atoms with E-state index in [-0.39, 0.29) is 0 Å². The number of sulfonamides is 1. The summed E-state index contributed by atoms with van der Waals surface area (Å²) in [4.78, 5) is 0.336. The summed E-state index contributed by atoms with van der Waals surface area (Å²) >= 11 is 3.34. The molecular formula is C13H18BrNO3S. The van der Waals surface area contributed by atoms with Crippen LogP contribution in [0.1, 0.15) is 25.3 Å². The Morgan fingerprint density at radius 1 is 1.32 bits per heavy atom. The number of benzene rings is 1. The average Bonchev–Trinajstić information content (AvgIpc) is 2.27. The van der Waals surface area contributed by atoms with Crippen molar-refractivity contribution in [1.82, 2.24) is 4.72 Å². The molecule has 0 amide bonds. The van der Waals surface area contributed by atoms with E-state index < -0.39 is 15.6 Å². The van der Waals surface area contributed by atoms with Crippen molar-refractivity contribution in [2.45, 2.75) is 37.1 Å². The van der Waals surface area contributed by atoms with E-state index in [0.717, 1.165) is 10.0 Å². The van der Waals surface area contributed by atoms with Crippen LogP contribution in [0, 0.1) is 6.92 Å². The van der Waals surface area contributed by atoms with Gasteiger partial charge in [-0.1, -0.05) is 15.9 Å². The minimum Gasteiger partial charge on any atom is -0.381 e. The molecule has 1 saturated heterocycles. The third kappa shape index (κ3) is 3.56. The van der Waals surface area contributed by atoms with Crippen LogP contribution in [0.3, 0.4) is 0 Å². The van der Waals surface area contributed by atoms with E-state index in [9.17, 15) is 8.42 Å². The zero-order valence-corrected chi connectivity index (χ0v) is 13.5. The van der Waals surface area contributed by atoms with Crippen molar-refractivity contribution in [3.8, 4) is 0 Å². The van der Waals surface area contributed by atoms with Gasteiger partial charge in [-0.2, -0.15) is 0 Å². The highest BCUT2D eigenvalue weighted by Gasteiger charge is 2.33. The fraction of sp³-hybridized carbons (Fsp3) is 0.538. The predicted molar refractivity (Wildman–Crippen MR) is 77.7 cm³/mol. The predicted octanol–water partition coefficient (Wildman–Crippen LogP) is 2.60. The molecule has 0 aliphatic carbocycles. The number of hydrogen-bond acceptors (Lipinski definition) is 3. The molecule has 0 atom stereocenters. The van der Waals surface area contributed by atoms with Gasteiger partial charge in [-0.05, 0) is 50.5 Å². The summed E-state index contributed by atoms with van der Waals surface area (Å²) in [5.74, 6) is 0. The Bertz CT molecular complexity index is 565. The van der Waals surface area contributed by atoms with E-state index in [1.807, 2.05) is 6.92 Å². The summed E-state index contributed by atoms with van der Waals surface area (Å²) < 4.78 is 33.9. The number of nitrogens with one attached hydrogen (secondary N) is 1. The van der Waals surface area contributed by atoms with E-state index >= 15 is 0 Å². The van der Waals surface area contributed by atoms with E-state index in [1.54, 1.807) is 25.1 Å². The van der Waals surface area contributed by atoms with Crippen molar-refractivity contribution in [3.05, 3.63) is 28.2 Å². The minimum absolute atomic E-state index is 0.336. The zero-order chi connectivity index (χ0) is 14.1. The molecular weight excluding hydrogens is 330 g/mol. The SMILES string of the molecule is Cc1cc(Br)ccc1S(=O)(=O)NC1(C)CCOCC1. The van der Waals surface area contributed by atoms with Gasteiger partial charge in [0.05, 0.1) is 4.90 Å². The maximum atomic E-state index is 12.5. The van der Waals surface area contributed by atoms with Gasteiger partial charge < -0.3 is 4.74 Å². The van der Waals surface area contributed by atoms with Crippen molar-refractivity contribution >= 4 is 26.0 Å². The summed E-state index contributed by atoms with van der Waals surface area (Å²) in [6.45, 7) is 4.92. The molecule has 1 aromatic rings. The lowest BCUT2D eigenvalue weighted by Gasteiger charge is -2.34. The summed E-state index contributed by atoms with van der Waals surface area (Å²) in [7, 11) is -3.49. The van der Waals surface area contributed by atoms with Gasteiger partial charge in [0.25, 0.3) is 0 Å². The van der Waals surface area contributed by atoms with E-state index in [2.05, 4.69) is 20.7 Å². The van der Waals surface area contributed by atoms with E-state index in [1.165, 1.54) is 0 Å². The second-order valence-corrected chi connectivity index (χ2v) is 7.75. The lowest BCUT2D eigenvalue weighted by Crippen LogP contribution is -2.49. The first-order chi connectivity index (χ1) is 8.82. The van der Waals surface area contributed by atoms with E-state index in [0.29, 0.717) is 31.0 Å². The van der Waals surface area contributed by atoms with Gasteiger partial charge >= 0.3 is 0 Å². The maximum Gasteiger partial charge on any atom is 0.241 e. The topological polar surface area (TPSA) is 55.4 Å². The molecule has 1 aliphatic heterocycles. The highest BCUT2D eigenvalue weighted by atomic mass is 79.9. The molecule has 4 nitrogen and oxygen atoms in total. The second-order valence-electron chi connectivity index (χ2n) is 5.19. The van der Waals surface area contributed by atoms with Crippen LogP contribution in [-0.4, -0.2) is 27.2 Å². The number of aryl methyl sites for hydroxylation is 1. The maximum absolute atomic E-state index is 12.5. The Hall–Kier alpha value is -0.430. The van der Waals surface area contributed by atoms with Gasteiger partial charge in [0.1, 0.15) is 0 Å². The van der Waals surface area contributed by atoms with Crippen LogP contribution in [0.5, 0.6) is 0 Å². The first kappa shape index (κ1) is 15.0. The van der Waals surface area contributed by atoms with Crippen molar-refractivity contribution in [2.24, 2.45) is 0 Å². The molecule has 0 saturated carbocycles. The molecule has 2 rings (SSSR count). The van der Waals surface area contributed by atoms with Crippen LogP contribution in [0.2, 0.25) is 0 Å². The van der Waals surface area contributed by atoms with Gasteiger partial charge in [0.15, 0.2) is 0 Å². The first-order valence-corrected chi connectivity index (χ1v) is 8.48. The lowest BCUT2D eigenvalue weighted by atomic mass is 9.94. The Morgan fingerprint density at radius 2 is 1.95 bits per heavy atom. The fourth-order valence-corrected chi connectivity index (χ4v) is 4.39. The zero-order valence-electron chi connectivity index (χ0n) is 11.1. The Labute approximate surface area is 122 Å². The number of rotatable bonds is 3. The van der Waals surface area contributed by atoms with E-state index in [4.69, 9.17) is 4.74 Å². The number of halogens is 1. The monoisotopic (exact) mass is 347 g/mol. The standard InChI is InChI=1S/C13H18BrNO3S/c1-10-9-11(14)3-4-12(10)19(16,17)15-13(2)5-7-18-8-6-13/h3-4,9,15H,5-8H2,1-2H3. The van der Waals surface area contributed by atoms with Gasteiger partial charge in [0.2, 0.25) is 10.0 Å². The molecule has 1 heterocycles. The quantitative estimate of drug-likeness (QED) is 0.914. The number of hydrogen-bond donors (Lipinski definition) is 1. The molecule has 1 N–H and O–H groups in total. The molecule has 0 radical (unpaired) electrons. The molecule has 0 bridgehead atoms. The minimum atomic E-state index is -3.49. The van der Waals surface area contributed by atoms with Crippen molar-refractivity contribution in [1.29, 1.82) is 0 Å². The Balaban J connectivity index is 2.27. The molecule has 106 valence electrons. The Kier molecular flexibility index (Phi) is 4.35. The van der Waals surface area contributed by atoms with Crippen LogP contribution >= 0.6 is 15.9 Å². The van der Waals surface area contributed by atoms with Gasteiger partial charge in [0, 0.05) is 23.2 Å². The second kappa shape index (κ2) is 5.52. The highest BCUT2D eigenvalue weighted by molar-refractivity contribution is 9.10. The van der Waals surface area contributed by atoms with Crippen LogP contribution in [0.15, 0.2) is 27.6 Å². The molecule has 1 fully saturated rings. The smallest absolute Gasteiger partial charge is 0.241 e. The third-order valence-electron chi connectivity index (χ3n) is 3.40. The molecule has 19 heavy (non-hydrogen) atoms. The van der Waals surface area contributed by atoms with Gasteiger partial charge in [-0.3, -0.25) is 0 Å². The fourth-order valence-electron chi connectivity index (χ4n) is 2.22. The van der Waals surface area contributed by atoms with Crippen LogP contribution in [-0.2, 0) is 14.8 Å². The number of ether oxygens (including phenoxy) is 1. The lowest BCUT2D eigenvalue weighted by molar-refractivity contribution is 0.0537. The molecule has 0 spiro atoms. The first-order valence-electron chi connectivity index (χ1n) is 6.20. The van der Waals surface area contributed by atoms with Crippen molar-refractivity contribution in [3.63, 3.8) is 0 Å². The molecule has 1 aliphatic rings. The average molecular weight is 348 g/mol. The van der Waals surface area contributed by atoms with Crippen LogP contribution in [0.25, 0.3) is 0 Å². The van der Waals surface area contributed by atoms with Crippen molar-refractivity contribution < 1.29 is 13.2 Å². The van der Waals surface area contributed by atoms with Gasteiger partial charge in [-0.15, -0.1) is 0 Å². The summed E-state index contributed by atoms with van der Waals surface area (Å²) in [6.07, 6.45) is 1.39. The van der Waals surface area contributed by atoms with Crippen LogP contribution in [0.4, 0.5) is 0 Å². The van der Waals surface area contributed by atoms with Crippen molar-refractivity contribution in [2.75, 3.05) is 13.2 Å². The molecule has 0 unspecified atom stereocenters. The van der Waals surface area contributed by atoms with Gasteiger partial charge in [-0.25, -0.2) is 13.1 Å². The third-order valence-corrected chi connectivity index (χ3v) is 5.70. The molecule has 6 heteroatoms. The largest absolute Gasteiger partial charge is 0.381 e. The molecule has 1 aromatic carbocycles. The Morgan fingerprint density at radius 3 is 2.53 bits per heavy atom. The summed E-state index contributed by atoms with van der Waals surface area (Å²) in [6, 6.07) is 5.18. The summed E-state index contributed by atoms with van der Waals surface area (Å²) in [5, 5.41) is 0. The normalized spacial score (nSPS) is 19.3.